The second-order valence-electron chi connectivity index (χ2n) is 4.43. The van der Waals surface area contributed by atoms with Gasteiger partial charge in [0.15, 0.2) is 0 Å². The van der Waals surface area contributed by atoms with Crippen molar-refractivity contribution >= 4 is 34.0 Å². The molecule has 0 N–H and O–H groups in total. The molecule has 8 heteroatoms. The molecule has 0 saturated carbocycles. The summed E-state index contributed by atoms with van der Waals surface area (Å²) in [6, 6.07) is 7.21. The van der Waals surface area contributed by atoms with E-state index in [9.17, 15) is 14.4 Å². The summed E-state index contributed by atoms with van der Waals surface area (Å²) >= 11 is 3.33. The van der Waals surface area contributed by atoms with E-state index in [1.54, 1.807) is 18.2 Å². The summed E-state index contributed by atoms with van der Waals surface area (Å²) in [7, 11) is 2.39. The van der Waals surface area contributed by atoms with Crippen LogP contribution in [0.4, 0.5) is 4.79 Å². The molecule has 1 aromatic carbocycles. The minimum absolute atomic E-state index is 0.0105. The molecule has 0 atom stereocenters. The van der Waals surface area contributed by atoms with Crippen molar-refractivity contribution in [2.45, 2.75) is 25.6 Å². The zero-order chi connectivity index (χ0) is 17.2. The molecule has 23 heavy (non-hydrogen) atoms. The molecule has 1 rings (SSSR count). The molecule has 0 aromatic heterocycles. The summed E-state index contributed by atoms with van der Waals surface area (Å²) in [6.07, 6.45) is -2.54. The lowest BCUT2D eigenvalue weighted by atomic mass is 10.2. The van der Waals surface area contributed by atoms with Gasteiger partial charge in [-0.05, 0) is 6.07 Å². The number of carbonyl (C=O) groups is 3. The van der Waals surface area contributed by atoms with Crippen molar-refractivity contribution in [1.29, 1.82) is 0 Å². The van der Waals surface area contributed by atoms with E-state index in [0.29, 0.717) is 0 Å². The molecule has 0 heterocycles. The smallest absolute Gasteiger partial charge is 0.469 e. The molecule has 0 aliphatic carbocycles. The maximum Gasteiger partial charge on any atom is 0.508 e. The molecule has 126 valence electrons. The van der Waals surface area contributed by atoms with Crippen LogP contribution in [-0.4, -0.2) is 38.4 Å². The van der Waals surface area contributed by atoms with Crippen LogP contribution in [0.2, 0.25) is 0 Å². The largest absolute Gasteiger partial charge is 0.508 e. The lowest BCUT2D eigenvalue weighted by Gasteiger charge is -2.15. The Morgan fingerprint density at radius 3 is 2.13 bits per heavy atom. The minimum atomic E-state index is -1.01. The normalized spacial score (nSPS) is 10.1. The average molecular weight is 389 g/mol. The van der Waals surface area contributed by atoms with Crippen molar-refractivity contribution in [3.05, 3.63) is 34.3 Å². The molecule has 0 bridgehead atoms. The maximum atomic E-state index is 11.7. The van der Waals surface area contributed by atoms with E-state index in [4.69, 9.17) is 9.47 Å². The summed E-state index contributed by atoms with van der Waals surface area (Å²) in [6.45, 7) is -0.0105. The maximum absolute atomic E-state index is 11.7. The van der Waals surface area contributed by atoms with E-state index < -0.39 is 24.2 Å². The number of benzene rings is 1. The molecule has 0 aliphatic heterocycles. The number of methoxy groups -OCH3 is 2. The molecule has 0 radical (unpaired) electrons. The Bertz CT molecular complexity index is 541. The number of rotatable bonds is 7. The molecule has 0 aliphatic rings. The highest BCUT2D eigenvalue weighted by atomic mass is 79.9. The quantitative estimate of drug-likeness (QED) is 0.523. The first-order valence-electron chi connectivity index (χ1n) is 6.66. The van der Waals surface area contributed by atoms with E-state index in [2.05, 4.69) is 25.4 Å². The van der Waals surface area contributed by atoms with Crippen molar-refractivity contribution in [2.24, 2.45) is 0 Å². The molecular weight excluding hydrogens is 372 g/mol. The van der Waals surface area contributed by atoms with Gasteiger partial charge in [0.25, 0.3) is 0 Å². The van der Waals surface area contributed by atoms with Crippen LogP contribution in [0, 0.1) is 0 Å². The zero-order valence-electron chi connectivity index (χ0n) is 12.7. The van der Waals surface area contributed by atoms with Crippen molar-refractivity contribution < 1.29 is 33.3 Å². The van der Waals surface area contributed by atoms with Gasteiger partial charge in [0.05, 0.1) is 27.1 Å². The fourth-order valence-corrected chi connectivity index (χ4v) is 2.02. The highest BCUT2D eigenvalue weighted by Gasteiger charge is 2.23. The van der Waals surface area contributed by atoms with E-state index in [1.807, 2.05) is 6.07 Å². The number of hydrogen-bond donors (Lipinski definition) is 0. The van der Waals surface area contributed by atoms with Gasteiger partial charge in [-0.25, -0.2) is 4.79 Å². The van der Waals surface area contributed by atoms with Crippen LogP contribution in [-0.2, 0) is 35.1 Å². The van der Waals surface area contributed by atoms with Crippen molar-refractivity contribution in [1.82, 2.24) is 0 Å². The van der Waals surface area contributed by atoms with Gasteiger partial charge in [-0.15, -0.1) is 0 Å². The molecule has 1 aromatic rings. The van der Waals surface area contributed by atoms with Gasteiger partial charge in [-0.2, -0.15) is 0 Å². The first-order chi connectivity index (χ1) is 11.0. The SMILES string of the molecule is COC(=O)CC(CC(=O)OC)OC(=O)OCc1ccccc1Br. The first kappa shape index (κ1) is 19.0. The fraction of sp³-hybridized carbons (Fsp3) is 0.400. The summed E-state index contributed by atoms with van der Waals surface area (Å²) < 4.78 is 19.7. The van der Waals surface area contributed by atoms with Crippen LogP contribution < -0.4 is 0 Å². The highest BCUT2D eigenvalue weighted by Crippen LogP contribution is 2.17. The average Bonchev–Trinajstić information content (AvgIpc) is 2.53. The summed E-state index contributed by atoms with van der Waals surface area (Å²) in [4.78, 5) is 34.3. The van der Waals surface area contributed by atoms with Gasteiger partial charge < -0.3 is 18.9 Å². The van der Waals surface area contributed by atoms with Crippen LogP contribution in [0.15, 0.2) is 28.7 Å². The van der Waals surface area contributed by atoms with Crippen LogP contribution >= 0.6 is 15.9 Å². The summed E-state index contributed by atoms with van der Waals surface area (Å²) in [5.74, 6) is -1.23. The third-order valence-corrected chi connectivity index (χ3v) is 3.58. The molecule has 0 unspecified atom stereocenters. The van der Waals surface area contributed by atoms with Gasteiger partial charge in [-0.3, -0.25) is 9.59 Å². The predicted molar refractivity (Wildman–Crippen MR) is 82.5 cm³/mol. The van der Waals surface area contributed by atoms with E-state index in [1.165, 1.54) is 14.2 Å². The molecule has 0 fully saturated rings. The van der Waals surface area contributed by atoms with Gasteiger partial charge in [-0.1, -0.05) is 34.1 Å². The zero-order valence-corrected chi connectivity index (χ0v) is 14.3. The van der Waals surface area contributed by atoms with Crippen LogP contribution in [0.3, 0.4) is 0 Å². The van der Waals surface area contributed by atoms with Crippen LogP contribution in [0.25, 0.3) is 0 Å². The van der Waals surface area contributed by atoms with Gasteiger partial charge in [0.1, 0.15) is 12.7 Å². The lowest BCUT2D eigenvalue weighted by molar-refractivity contribution is -0.147. The van der Waals surface area contributed by atoms with Crippen LogP contribution in [0.5, 0.6) is 0 Å². The molecular formula is C15H17BrO7. The summed E-state index contributed by atoms with van der Waals surface area (Å²) in [5, 5.41) is 0. The molecule has 0 saturated heterocycles. The fourth-order valence-electron chi connectivity index (χ4n) is 1.62. The van der Waals surface area contributed by atoms with E-state index in [-0.39, 0.29) is 19.4 Å². The first-order valence-corrected chi connectivity index (χ1v) is 7.46. The van der Waals surface area contributed by atoms with Crippen molar-refractivity contribution in [3.63, 3.8) is 0 Å². The highest BCUT2D eigenvalue weighted by molar-refractivity contribution is 9.10. The van der Waals surface area contributed by atoms with Gasteiger partial charge in [0.2, 0.25) is 0 Å². The second kappa shape index (κ2) is 9.83. The van der Waals surface area contributed by atoms with Gasteiger partial charge >= 0.3 is 18.1 Å². The third kappa shape index (κ3) is 7.14. The van der Waals surface area contributed by atoms with Gasteiger partial charge in [0, 0.05) is 10.0 Å². The number of carbonyl (C=O) groups excluding carboxylic acids is 3. The monoisotopic (exact) mass is 388 g/mol. The Labute approximate surface area is 142 Å². The molecule has 0 amide bonds. The third-order valence-electron chi connectivity index (χ3n) is 2.81. The minimum Gasteiger partial charge on any atom is -0.469 e. The summed E-state index contributed by atoms with van der Waals surface area (Å²) in [5.41, 5.74) is 0.752. The second-order valence-corrected chi connectivity index (χ2v) is 5.28. The number of halogens is 1. The molecule has 7 nitrogen and oxygen atoms in total. The van der Waals surface area contributed by atoms with E-state index >= 15 is 0 Å². The standard InChI is InChI=1S/C15H17BrO7/c1-20-13(17)7-11(8-14(18)21-2)23-15(19)22-9-10-5-3-4-6-12(10)16/h3-6,11H,7-9H2,1-2H3. The Kier molecular flexibility index (Phi) is 8.10. The van der Waals surface area contributed by atoms with E-state index in [0.717, 1.165) is 10.0 Å². The van der Waals surface area contributed by atoms with Crippen molar-refractivity contribution in [2.75, 3.05) is 14.2 Å². The lowest BCUT2D eigenvalue weighted by Crippen LogP contribution is -2.26. The predicted octanol–water partition coefficient (Wildman–Crippen LogP) is 2.60. The number of hydrogen-bond acceptors (Lipinski definition) is 7. The number of ether oxygens (including phenoxy) is 4. The Hall–Kier alpha value is -2.09. The Morgan fingerprint density at radius 1 is 1.04 bits per heavy atom. The Balaban J connectivity index is 2.56. The topological polar surface area (TPSA) is 88.1 Å². The van der Waals surface area contributed by atoms with Crippen LogP contribution in [0.1, 0.15) is 18.4 Å². The number of esters is 2. The molecule has 0 spiro atoms. The van der Waals surface area contributed by atoms with Crippen molar-refractivity contribution in [3.8, 4) is 0 Å². The Morgan fingerprint density at radius 2 is 1.61 bits per heavy atom.